The molecule has 0 unspecified atom stereocenters. The molecule has 0 aliphatic heterocycles. The fourth-order valence-electron chi connectivity index (χ4n) is 2.23. The third kappa shape index (κ3) is 8.71. The van der Waals surface area contributed by atoms with E-state index < -0.39 is 0 Å². The third-order valence-corrected chi connectivity index (χ3v) is 3.16. The van der Waals surface area contributed by atoms with Crippen molar-refractivity contribution in [1.29, 1.82) is 0 Å². The molecule has 0 heterocycles. The lowest BCUT2D eigenvalue weighted by Gasteiger charge is -2.25. The molecule has 0 fully saturated rings. The fraction of sp³-hybridized carbons (Fsp3) is 0.875. The van der Waals surface area contributed by atoms with Crippen molar-refractivity contribution >= 4 is 0 Å². The maximum atomic E-state index is 5.89. The van der Waals surface area contributed by atoms with Gasteiger partial charge >= 0.3 is 0 Å². The molecule has 18 heavy (non-hydrogen) atoms. The van der Waals surface area contributed by atoms with Gasteiger partial charge in [-0.3, -0.25) is 0 Å². The van der Waals surface area contributed by atoms with Crippen molar-refractivity contribution in [2.45, 2.75) is 72.3 Å². The average molecular weight is 256 g/mol. The predicted octanol–water partition coefficient (Wildman–Crippen LogP) is 4.94. The maximum Gasteiger partial charge on any atom is 0.146 e. The van der Waals surface area contributed by atoms with Crippen molar-refractivity contribution < 1.29 is 9.47 Å². The van der Waals surface area contributed by atoms with E-state index in [4.69, 9.17) is 9.47 Å². The Morgan fingerprint density at radius 3 is 2.17 bits per heavy atom. The van der Waals surface area contributed by atoms with Crippen molar-refractivity contribution in [3.63, 3.8) is 0 Å². The van der Waals surface area contributed by atoms with Crippen LogP contribution in [0.4, 0.5) is 0 Å². The normalized spacial score (nSPS) is 14.3. The summed E-state index contributed by atoms with van der Waals surface area (Å²) in [5.74, 6) is 0.539. The van der Waals surface area contributed by atoms with Crippen molar-refractivity contribution in [2.75, 3.05) is 13.9 Å². The Morgan fingerprint density at radius 1 is 1.06 bits per heavy atom. The lowest BCUT2D eigenvalue weighted by Crippen LogP contribution is -2.24. The van der Waals surface area contributed by atoms with Gasteiger partial charge in [0.15, 0.2) is 0 Å². The molecule has 108 valence electrons. The van der Waals surface area contributed by atoms with Gasteiger partial charge in [-0.15, -0.1) is 0 Å². The first kappa shape index (κ1) is 17.7. The van der Waals surface area contributed by atoms with Crippen LogP contribution in [0.5, 0.6) is 0 Å². The third-order valence-electron chi connectivity index (χ3n) is 3.16. The van der Waals surface area contributed by atoms with Crippen LogP contribution >= 0.6 is 0 Å². The van der Waals surface area contributed by atoms with Crippen LogP contribution in [0.2, 0.25) is 0 Å². The highest BCUT2D eigenvalue weighted by Gasteiger charge is 2.19. The summed E-state index contributed by atoms with van der Waals surface area (Å²) in [6, 6.07) is 0. The second-order valence-corrected chi connectivity index (χ2v) is 5.30. The van der Waals surface area contributed by atoms with Crippen LogP contribution in [0.3, 0.4) is 0 Å². The van der Waals surface area contributed by atoms with Gasteiger partial charge in [0.05, 0.1) is 6.10 Å². The van der Waals surface area contributed by atoms with Crippen LogP contribution in [0.1, 0.15) is 66.2 Å². The van der Waals surface area contributed by atoms with E-state index in [1.54, 1.807) is 7.11 Å². The molecule has 0 saturated carbocycles. The van der Waals surface area contributed by atoms with Crippen LogP contribution in [0.15, 0.2) is 11.6 Å². The molecule has 0 aromatic heterocycles. The SMILES string of the molecule is CCCC[C@@H](C=C(C)C)[C@H](CCCC)OCOC. The first-order valence-corrected chi connectivity index (χ1v) is 7.41. The Morgan fingerprint density at radius 2 is 1.67 bits per heavy atom. The van der Waals surface area contributed by atoms with Crippen LogP contribution in [0.25, 0.3) is 0 Å². The smallest absolute Gasteiger partial charge is 0.146 e. The molecule has 0 rings (SSSR count). The van der Waals surface area contributed by atoms with E-state index >= 15 is 0 Å². The van der Waals surface area contributed by atoms with Gasteiger partial charge in [0.1, 0.15) is 6.79 Å². The zero-order valence-electron chi connectivity index (χ0n) is 13.0. The highest BCUT2D eigenvalue weighted by atomic mass is 16.7. The van der Waals surface area contributed by atoms with E-state index in [2.05, 4.69) is 33.8 Å². The molecule has 0 aromatic carbocycles. The molecule has 0 saturated heterocycles. The number of allylic oxidation sites excluding steroid dienone is 1. The number of methoxy groups -OCH3 is 1. The van der Waals surface area contributed by atoms with Gasteiger partial charge in [-0.2, -0.15) is 0 Å². The largest absolute Gasteiger partial charge is 0.359 e. The van der Waals surface area contributed by atoms with Crippen molar-refractivity contribution in [3.8, 4) is 0 Å². The number of ether oxygens (including phenoxy) is 2. The summed E-state index contributed by atoms with van der Waals surface area (Å²) in [7, 11) is 1.69. The van der Waals surface area contributed by atoms with Gasteiger partial charge in [-0.1, -0.05) is 51.2 Å². The van der Waals surface area contributed by atoms with Gasteiger partial charge in [0.2, 0.25) is 0 Å². The number of hydrogen-bond acceptors (Lipinski definition) is 2. The van der Waals surface area contributed by atoms with Gasteiger partial charge in [-0.05, 0) is 26.7 Å². The zero-order chi connectivity index (χ0) is 13.8. The summed E-state index contributed by atoms with van der Waals surface area (Å²) < 4.78 is 11.0. The van der Waals surface area contributed by atoms with E-state index in [9.17, 15) is 0 Å². The summed E-state index contributed by atoms with van der Waals surface area (Å²) in [6.07, 6.45) is 10.0. The molecule has 2 atom stereocenters. The summed E-state index contributed by atoms with van der Waals surface area (Å²) in [5, 5.41) is 0. The molecule has 0 aliphatic carbocycles. The monoisotopic (exact) mass is 256 g/mol. The molecule has 2 nitrogen and oxygen atoms in total. The Kier molecular flexibility index (Phi) is 11.5. The average Bonchev–Trinajstić information content (AvgIpc) is 2.34. The van der Waals surface area contributed by atoms with Gasteiger partial charge in [0.25, 0.3) is 0 Å². The second kappa shape index (κ2) is 11.7. The van der Waals surface area contributed by atoms with Crippen LogP contribution in [0, 0.1) is 5.92 Å². The fourth-order valence-corrected chi connectivity index (χ4v) is 2.23. The van der Waals surface area contributed by atoms with Crippen molar-refractivity contribution in [2.24, 2.45) is 5.92 Å². The predicted molar refractivity (Wildman–Crippen MR) is 78.7 cm³/mol. The summed E-state index contributed by atoms with van der Waals surface area (Å²) >= 11 is 0. The van der Waals surface area contributed by atoms with Crippen LogP contribution < -0.4 is 0 Å². The number of rotatable bonds is 11. The molecule has 0 spiro atoms. The lowest BCUT2D eigenvalue weighted by molar-refractivity contribution is -0.0891. The highest BCUT2D eigenvalue weighted by Crippen LogP contribution is 2.23. The first-order chi connectivity index (χ1) is 8.65. The van der Waals surface area contributed by atoms with Gasteiger partial charge < -0.3 is 9.47 Å². The molecule has 0 radical (unpaired) electrons. The van der Waals surface area contributed by atoms with Crippen molar-refractivity contribution in [1.82, 2.24) is 0 Å². The minimum absolute atomic E-state index is 0.311. The number of hydrogen-bond donors (Lipinski definition) is 0. The zero-order valence-corrected chi connectivity index (χ0v) is 13.0. The molecular weight excluding hydrogens is 224 g/mol. The first-order valence-electron chi connectivity index (χ1n) is 7.41. The van der Waals surface area contributed by atoms with Gasteiger partial charge in [0, 0.05) is 13.0 Å². The maximum absolute atomic E-state index is 5.89. The molecule has 0 bridgehead atoms. The van der Waals surface area contributed by atoms with Gasteiger partial charge in [-0.25, -0.2) is 0 Å². The Balaban J connectivity index is 4.53. The Labute approximate surface area is 114 Å². The highest BCUT2D eigenvalue weighted by molar-refractivity contribution is 4.99. The summed E-state index contributed by atoms with van der Waals surface area (Å²) in [5.41, 5.74) is 1.39. The lowest BCUT2D eigenvalue weighted by atomic mass is 9.91. The summed E-state index contributed by atoms with van der Waals surface area (Å²) in [4.78, 5) is 0. The van der Waals surface area contributed by atoms with Crippen LogP contribution in [-0.4, -0.2) is 20.0 Å². The van der Waals surface area contributed by atoms with E-state index in [0.717, 1.165) is 6.42 Å². The van der Waals surface area contributed by atoms with E-state index in [-0.39, 0.29) is 0 Å². The van der Waals surface area contributed by atoms with Crippen molar-refractivity contribution in [3.05, 3.63) is 11.6 Å². The number of unbranched alkanes of at least 4 members (excludes halogenated alkanes) is 2. The summed E-state index contributed by atoms with van der Waals surface area (Å²) in [6.45, 7) is 9.23. The molecule has 0 N–H and O–H groups in total. The van der Waals surface area contributed by atoms with Crippen LogP contribution in [-0.2, 0) is 9.47 Å². The molecule has 0 aromatic rings. The Bertz CT molecular complexity index is 199. The Hall–Kier alpha value is -0.340. The van der Waals surface area contributed by atoms with E-state index in [0.29, 0.717) is 18.8 Å². The standard InChI is InChI=1S/C16H32O2/c1-6-8-10-15(12-14(3)4)16(11-9-7-2)18-13-17-5/h12,15-16H,6-11,13H2,1-5H3/t15-,16-/m0/s1. The molecule has 0 aliphatic rings. The minimum Gasteiger partial charge on any atom is -0.359 e. The molecular formula is C16H32O2. The minimum atomic E-state index is 0.311. The molecule has 2 heteroatoms. The van der Waals surface area contributed by atoms with E-state index in [1.807, 2.05) is 0 Å². The van der Waals surface area contributed by atoms with E-state index in [1.165, 1.54) is 37.7 Å². The topological polar surface area (TPSA) is 18.5 Å². The quantitative estimate of drug-likeness (QED) is 0.385. The second-order valence-electron chi connectivity index (χ2n) is 5.30. The molecule has 0 amide bonds.